The van der Waals surface area contributed by atoms with Crippen LogP contribution >= 0.6 is 7.82 Å². The third-order valence-electron chi connectivity index (χ3n) is 3.87. The van der Waals surface area contributed by atoms with Gasteiger partial charge in [0.2, 0.25) is 0 Å². The van der Waals surface area contributed by atoms with E-state index in [1.807, 2.05) is 36.4 Å². The predicted molar refractivity (Wildman–Crippen MR) is 89.2 cm³/mol. The monoisotopic (exact) mass is 332 g/mol. The molecule has 0 amide bonds. The van der Waals surface area contributed by atoms with E-state index in [2.05, 4.69) is 24.3 Å². The Kier molecular flexibility index (Phi) is 5.29. The third kappa shape index (κ3) is 5.02. The molecular formula is C18H21O4P. The molecule has 5 heteroatoms. The quantitative estimate of drug-likeness (QED) is 0.723. The highest BCUT2D eigenvalue weighted by atomic mass is 31.2. The molecule has 23 heavy (non-hydrogen) atoms. The van der Waals surface area contributed by atoms with Crippen LogP contribution in [0.3, 0.4) is 0 Å². The number of rotatable bonds is 8. The molecule has 1 aliphatic carbocycles. The van der Waals surface area contributed by atoms with Crippen molar-refractivity contribution in [1.82, 2.24) is 0 Å². The molecular weight excluding hydrogens is 311 g/mol. The van der Waals surface area contributed by atoms with Gasteiger partial charge in [0.1, 0.15) is 0 Å². The minimum absolute atomic E-state index is 0.107. The molecule has 0 radical (unpaired) electrons. The lowest BCUT2D eigenvalue weighted by molar-refractivity contribution is 0.140. The number of hydrogen-bond donors (Lipinski definition) is 1. The van der Waals surface area contributed by atoms with Crippen molar-refractivity contribution in [3.8, 4) is 0 Å². The van der Waals surface area contributed by atoms with E-state index < -0.39 is 7.82 Å². The van der Waals surface area contributed by atoms with Gasteiger partial charge in [0.15, 0.2) is 0 Å². The first-order chi connectivity index (χ1) is 11.1. The molecule has 1 unspecified atom stereocenters. The molecule has 2 aromatic rings. The van der Waals surface area contributed by atoms with E-state index in [-0.39, 0.29) is 18.6 Å². The van der Waals surface area contributed by atoms with Gasteiger partial charge in [-0.15, -0.1) is 0 Å². The van der Waals surface area contributed by atoms with Crippen LogP contribution in [0.25, 0.3) is 0 Å². The molecule has 0 bridgehead atoms. The molecule has 122 valence electrons. The second-order valence-corrected chi connectivity index (χ2v) is 7.18. The van der Waals surface area contributed by atoms with Gasteiger partial charge in [-0.05, 0) is 30.4 Å². The molecule has 1 fully saturated rings. The molecule has 1 saturated carbocycles. The smallest absolute Gasteiger partial charge is 0.302 e. The van der Waals surface area contributed by atoms with Gasteiger partial charge >= 0.3 is 7.82 Å². The van der Waals surface area contributed by atoms with Crippen molar-refractivity contribution in [3.05, 3.63) is 71.8 Å². The van der Waals surface area contributed by atoms with Crippen molar-refractivity contribution < 1.29 is 18.5 Å². The predicted octanol–water partition coefficient (Wildman–Crippen LogP) is 4.50. The van der Waals surface area contributed by atoms with E-state index >= 15 is 0 Å². The van der Waals surface area contributed by atoms with E-state index in [1.165, 1.54) is 0 Å². The average Bonchev–Trinajstić information content (AvgIpc) is 3.36. The fourth-order valence-electron chi connectivity index (χ4n) is 2.57. The van der Waals surface area contributed by atoms with Crippen molar-refractivity contribution in [1.29, 1.82) is 0 Å². The van der Waals surface area contributed by atoms with E-state index in [4.69, 9.17) is 9.05 Å². The van der Waals surface area contributed by atoms with Crippen LogP contribution in [0.15, 0.2) is 60.7 Å². The van der Waals surface area contributed by atoms with E-state index in [1.54, 1.807) is 0 Å². The summed E-state index contributed by atoms with van der Waals surface area (Å²) in [4.78, 5) is 9.69. The minimum atomic E-state index is -3.93. The van der Waals surface area contributed by atoms with Crippen molar-refractivity contribution in [2.75, 3.05) is 6.61 Å². The Labute approximate surface area is 136 Å². The van der Waals surface area contributed by atoms with Gasteiger partial charge in [0.25, 0.3) is 0 Å². The van der Waals surface area contributed by atoms with Crippen LogP contribution in [0.4, 0.5) is 0 Å². The number of hydrogen-bond acceptors (Lipinski definition) is 3. The molecule has 1 aliphatic rings. The zero-order valence-corrected chi connectivity index (χ0v) is 13.8. The molecule has 4 nitrogen and oxygen atoms in total. The summed E-state index contributed by atoms with van der Waals surface area (Å²) in [5.41, 5.74) is 2.33. The zero-order chi connectivity index (χ0) is 16.1. The fourth-order valence-corrected chi connectivity index (χ4v) is 3.56. The van der Waals surface area contributed by atoms with Gasteiger partial charge in [-0.25, -0.2) is 4.57 Å². The molecule has 0 aliphatic heterocycles. The van der Waals surface area contributed by atoms with Crippen molar-refractivity contribution in [2.45, 2.75) is 31.3 Å². The molecule has 1 atom stereocenters. The molecule has 3 rings (SSSR count). The van der Waals surface area contributed by atoms with Crippen LogP contribution in [0, 0.1) is 0 Å². The summed E-state index contributed by atoms with van der Waals surface area (Å²) in [5.74, 6) is 0.123. The second kappa shape index (κ2) is 7.41. The molecule has 0 saturated heterocycles. The maximum atomic E-state index is 11.8. The number of benzene rings is 2. The molecule has 1 N–H and O–H groups in total. The second-order valence-electron chi connectivity index (χ2n) is 5.77. The third-order valence-corrected chi connectivity index (χ3v) is 4.94. The van der Waals surface area contributed by atoms with Crippen LogP contribution < -0.4 is 0 Å². The summed E-state index contributed by atoms with van der Waals surface area (Å²) in [6.45, 7) is 0.176. The van der Waals surface area contributed by atoms with Crippen LogP contribution in [0.5, 0.6) is 0 Å². The Balaban J connectivity index is 1.66. The normalized spacial score (nSPS) is 17.1. The summed E-state index contributed by atoms with van der Waals surface area (Å²) in [6.07, 6.45) is 2.19. The van der Waals surface area contributed by atoms with Crippen LogP contribution in [-0.4, -0.2) is 17.6 Å². The van der Waals surface area contributed by atoms with Crippen molar-refractivity contribution in [3.63, 3.8) is 0 Å². The van der Waals surface area contributed by atoms with E-state index in [0.717, 1.165) is 24.0 Å². The van der Waals surface area contributed by atoms with Gasteiger partial charge in [-0.2, -0.15) is 0 Å². The lowest BCUT2D eigenvalue weighted by atomic mass is 9.89. The lowest BCUT2D eigenvalue weighted by Crippen LogP contribution is -2.06. The van der Waals surface area contributed by atoms with Gasteiger partial charge in [-0.1, -0.05) is 60.7 Å². The Bertz CT molecular complexity index is 616. The Morgan fingerprint density at radius 3 is 2.00 bits per heavy atom. The SMILES string of the molecule is O=P(O)(OCCC(c1ccccc1)c1ccccc1)OC1CC1. The maximum absolute atomic E-state index is 11.8. The van der Waals surface area contributed by atoms with Crippen molar-refractivity contribution in [2.24, 2.45) is 0 Å². The molecule has 0 spiro atoms. The lowest BCUT2D eigenvalue weighted by Gasteiger charge is -2.19. The zero-order valence-electron chi connectivity index (χ0n) is 12.9. The minimum Gasteiger partial charge on any atom is -0.302 e. The topological polar surface area (TPSA) is 55.8 Å². The highest BCUT2D eigenvalue weighted by Gasteiger charge is 2.33. The summed E-state index contributed by atoms with van der Waals surface area (Å²) >= 11 is 0. The fraction of sp³-hybridized carbons (Fsp3) is 0.333. The first-order valence-corrected chi connectivity index (χ1v) is 9.39. The van der Waals surface area contributed by atoms with E-state index in [9.17, 15) is 9.46 Å². The van der Waals surface area contributed by atoms with Gasteiger partial charge in [-0.3, -0.25) is 9.05 Å². The van der Waals surface area contributed by atoms with Gasteiger partial charge < -0.3 is 4.89 Å². The standard InChI is InChI=1S/C18H21O4P/c19-23(20,22-17-11-12-17)21-14-13-18(15-7-3-1-4-8-15)16-9-5-2-6-10-16/h1-10,17-18H,11-14H2,(H,19,20). The molecule has 0 aromatic heterocycles. The summed E-state index contributed by atoms with van der Waals surface area (Å²) in [7, 11) is -3.93. The maximum Gasteiger partial charge on any atom is 0.472 e. The highest BCUT2D eigenvalue weighted by Crippen LogP contribution is 2.49. The average molecular weight is 332 g/mol. The Hall–Kier alpha value is -1.45. The highest BCUT2D eigenvalue weighted by molar-refractivity contribution is 7.47. The van der Waals surface area contributed by atoms with Crippen LogP contribution in [0.1, 0.15) is 36.3 Å². The first kappa shape index (κ1) is 16.4. The Morgan fingerprint density at radius 1 is 1.00 bits per heavy atom. The number of phosphoric acid groups is 1. The van der Waals surface area contributed by atoms with Gasteiger partial charge in [0.05, 0.1) is 12.7 Å². The molecule has 2 aromatic carbocycles. The van der Waals surface area contributed by atoms with Gasteiger partial charge in [0, 0.05) is 5.92 Å². The Morgan fingerprint density at radius 2 is 1.52 bits per heavy atom. The first-order valence-electron chi connectivity index (χ1n) is 7.90. The van der Waals surface area contributed by atoms with E-state index in [0.29, 0.717) is 6.42 Å². The summed E-state index contributed by atoms with van der Waals surface area (Å²) in [6, 6.07) is 20.2. The van der Waals surface area contributed by atoms with Crippen molar-refractivity contribution >= 4 is 7.82 Å². The summed E-state index contributed by atoms with van der Waals surface area (Å²) in [5, 5.41) is 0. The van der Waals surface area contributed by atoms with Crippen LogP contribution in [-0.2, 0) is 13.6 Å². The molecule has 0 heterocycles. The number of phosphoric ester groups is 1. The largest absolute Gasteiger partial charge is 0.472 e. The summed E-state index contributed by atoms with van der Waals surface area (Å²) < 4.78 is 22.0. The van der Waals surface area contributed by atoms with Crippen LogP contribution in [0.2, 0.25) is 0 Å².